The molecule has 1 unspecified atom stereocenters. The normalized spacial score (nSPS) is 17.1. The average molecular weight is 422 g/mol. The maximum Gasteiger partial charge on any atom is 0.332 e. The van der Waals surface area contributed by atoms with E-state index in [0.29, 0.717) is 16.7 Å². The van der Waals surface area contributed by atoms with Crippen LogP contribution in [0.15, 0.2) is 46.1 Å². The number of amides is 1. The van der Waals surface area contributed by atoms with Gasteiger partial charge < -0.3 is 5.32 Å². The van der Waals surface area contributed by atoms with Gasteiger partial charge in [0.05, 0.1) is 23.3 Å². The Morgan fingerprint density at radius 2 is 1.97 bits per heavy atom. The summed E-state index contributed by atoms with van der Waals surface area (Å²) in [5.41, 5.74) is 2.28. The number of aryl methyl sites for hydroxylation is 2. The molecule has 0 spiro atoms. The topological polar surface area (TPSA) is 89.2 Å². The van der Waals surface area contributed by atoms with Gasteiger partial charge in [-0.25, -0.2) is 9.78 Å². The Morgan fingerprint density at radius 1 is 1.16 bits per heavy atom. The lowest BCUT2D eigenvalue weighted by atomic mass is 10.00. The van der Waals surface area contributed by atoms with Crippen molar-refractivity contribution in [1.29, 1.82) is 0 Å². The predicted molar refractivity (Wildman–Crippen MR) is 120 cm³/mol. The van der Waals surface area contributed by atoms with Crippen LogP contribution in [0.1, 0.15) is 30.4 Å². The maximum absolute atomic E-state index is 13.1. The van der Waals surface area contributed by atoms with E-state index in [9.17, 15) is 14.4 Å². The highest BCUT2D eigenvalue weighted by Crippen LogP contribution is 2.22. The van der Waals surface area contributed by atoms with Crippen molar-refractivity contribution < 1.29 is 4.79 Å². The average Bonchev–Trinajstić information content (AvgIpc) is 2.76. The third-order valence-corrected chi connectivity index (χ3v) is 5.95. The minimum Gasteiger partial charge on any atom is -0.323 e. The Kier molecular flexibility index (Phi) is 5.73. The molecule has 1 aliphatic rings. The predicted octanol–water partition coefficient (Wildman–Crippen LogP) is 1.93. The minimum absolute atomic E-state index is 0.102. The van der Waals surface area contributed by atoms with Crippen LogP contribution in [0.5, 0.6) is 0 Å². The number of benzene rings is 1. The van der Waals surface area contributed by atoms with Gasteiger partial charge in [-0.1, -0.05) is 36.2 Å². The van der Waals surface area contributed by atoms with Crippen molar-refractivity contribution in [2.24, 2.45) is 14.1 Å². The van der Waals surface area contributed by atoms with Gasteiger partial charge in [0.2, 0.25) is 5.91 Å². The van der Waals surface area contributed by atoms with Gasteiger partial charge in [0, 0.05) is 20.6 Å². The fourth-order valence-corrected chi connectivity index (χ4v) is 4.28. The summed E-state index contributed by atoms with van der Waals surface area (Å²) in [6.07, 6.45) is 4.35. The molecule has 8 heteroatoms. The van der Waals surface area contributed by atoms with E-state index in [1.54, 1.807) is 13.1 Å². The fourth-order valence-electron chi connectivity index (χ4n) is 4.28. The Bertz CT molecular complexity index is 1260. The third-order valence-electron chi connectivity index (χ3n) is 5.95. The maximum atomic E-state index is 13.1. The highest BCUT2D eigenvalue weighted by Gasteiger charge is 2.29. The lowest BCUT2D eigenvalue weighted by molar-refractivity contribution is -0.122. The number of hydrogen-bond acceptors (Lipinski definition) is 5. The first-order valence-corrected chi connectivity index (χ1v) is 10.5. The summed E-state index contributed by atoms with van der Waals surface area (Å²) < 4.78 is 2.37. The van der Waals surface area contributed by atoms with E-state index >= 15 is 0 Å². The first-order chi connectivity index (χ1) is 14.8. The largest absolute Gasteiger partial charge is 0.332 e. The number of carbonyl (C=O) groups is 1. The highest BCUT2D eigenvalue weighted by atomic mass is 16.2. The number of hydrogen-bond donors (Lipinski definition) is 1. The number of pyridine rings is 1. The van der Waals surface area contributed by atoms with Crippen LogP contribution in [0, 0.1) is 6.92 Å². The SMILES string of the molecule is Cc1cccc(CN2CCCCC2C(=O)Nc2cnc3c(c2)c(=O)n(C)c(=O)n3C)c1. The van der Waals surface area contributed by atoms with E-state index < -0.39 is 11.2 Å². The molecular formula is C23H27N5O3. The standard InChI is InChI=1S/C23H27N5O3/c1-15-7-6-8-16(11-15)14-28-10-5-4-9-19(28)21(29)25-17-12-18-20(24-13-17)26(2)23(31)27(3)22(18)30/h6-8,11-13,19H,4-5,9-10,14H2,1-3H3,(H,25,29). The molecule has 8 nitrogen and oxygen atoms in total. The van der Waals surface area contributed by atoms with Gasteiger partial charge in [0.1, 0.15) is 5.65 Å². The molecular weight excluding hydrogens is 394 g/mol. The molecule has 1 fully saturated rings. The fraction of sp³-hybridized carbons (Fsp3) is 0.391. The van der Waals surface area contributed by atoms with Gasteiger partial charge in [-0.2, -0.15) is 0 Å². The number of nitrogens with one attached hydrogen (secondary N) is 1. The molecule has 3 aromatic rings. The number of likely N-dealkylation sites (tertiary alicyclic amines) is 1. The monoisotopic (exact) mass is 421 g/mol. The summed E-state index contributed by atoms with van der Waals surface area (Å²) in [5, 5.41) is 3.23. The molecule has 1 aliphatic heterocycles. The van der Waals surface area contributed by atoms with Crippen molar-refractivity contribution in [2.75, 3.05) is 11.9 Å². The minimum atomic E-state index is -0.434. The molecule has 31 heavy (non-hydrogen) atoms. The second-order valence-electron chi connectivity index (χ2n) is 8.26. The molecule has 1 amide bonds. The van der Waals surface area contributed by atoms with Crippen LogP contribution in [0.2, 0.25) is 0 Å². The molecule has 1 aromatic carbocycles. The van der Waals surface area contributed by atoms with Crippen LogP contribution in [0.4, 0.5) is 5.69 Å². The van der Waals surface area contributed by atoms with Crippen molar-refractivity contribution >= 4 is 22.6 Å². The third kappa shape index (κ3) is 4.16. The van der Waals surface area contributed by atoms with E-state index in [0.717, 1.165) is 36.9 Å². The second-order valence-corrected chi connectivity index (χ2v) is 8.26. The smallest absolute Gasteiger partial charge is 0.323 e. The van der Waals surface area contributed by atoms with Gasteiger partial charge in [-0.05, 0) is 37.9 Å². The molecule has 0 saturated carbocycles. The van der Waals surface area contributed by atoms with Gasteiger partial charge in [0.15, 0.2) is 0 Å². The van der Waals surface area contributed by atoms with Crippen LogP contribution in [-0.2, 0) is 25.4 Å². The zero-order valence-corrected chi connectivity index (χ0v) is 18.1. The molecule has 0 aliphatic carbocycles. The molecule has 0 bridgehead atoms. The summed E-state index contributed by atoms with van der Waals surface area (Å²) in [6, 6.07) is 9.69. The Balaban J connectivity index is 1.58. The van der Waals surface area contributed by atoms with Gasteiger partial charge in [0.25, 0.3) is 5.56 Å². The summed E-state index contributed by atoms with van der Waals surface area (Å²) in [5.74, 6) is -0.102. The molecule has 1 saturated heterocycles. The molecule has 4 rings (SSSR count). The van der Waals surface area contributed by atoms with Crippen molar-refractivity contribution in [3.63, 3.8) is 0 Å². The van der Waals surface area contributed by atoms with E-state index in [-0.39, 0.29) is 11.9 Å². The Morgan fingerprint density at radius 3 is 2.74 bits per heavy atom. The van der Waals surface area contributed by atoms with Crippen molar-refractivity contribution in [2.45, 2.75) is 38.8 Å². The molecule has 1 N–H and O–H groups in total. The number of piperidine rings is 1. The summed E-state index contributed by atoms with van der Waals surface area (Å²) in [6.45, 7) is 3.65. The van der Waals surface area contributed by atoms with Crippen LogP contribution in [0.25, 0.3) is 11.0 Å². The molecule has 162 valence electrons. The zero-order chi connectivity index (χ0) is 22.1. The van der Waals surface area contributed by atoms with E-state index in [1.807, 2.05) is 6.07 Å². The number of fused-ring (bicyclic) bond motifs is 1. The van der Waals surface area contributed by atoms with Crippen molar-refractivity contribution in [3.05, 3.63) is 68.5 Å². The van der Waals surface area contributed by atoms with Crippen molar-refractivity contribution in [3.8, 4) is 0 Å². The number of aromatic nitrogens is 3. The lowest BCUT2D eigenvalue weighted by Crippen LogP contribution is -2.46. The first-order valence-electron chi connectivity index (χ1n) is 10.5. The van der Waals surface area contributed by atoms with Gasteiger partial charge in [-0.15, -0.1) is 0 Å². The van der Waals surface area contributed by atoms with E-state index in [1.165, 1.54) is 28.9 Å². The highest BCUT2D eigenvalue weighted by molar-refractivity contribution is 5.96. The van der Waals surface area contributed by atoms with Gasteiger partial charge >= 0.3 is 5.69 Å². The van der Waals surface area contributed by atoms with Crippen LogP contribution in [-0.4, -0.2) is 37.5 Å². The van der Waals surface area contributed by atoms with Crippen LogP contribution >= 0.6 is 0 Å². The summed E-state index contributed by atoms with van der Waals surface area (Å²) in [7, 11) is 3.00. The first kappa shape index (κ1) is 21.0. The van der Waals surface area contributed by atoms with Crippen LogP contribution < -0.4 is 16.6 Å². The molecule has 1 atom stereocenters. The quantitative estimate of drug-likeness (QED) is 0.695. The van der Waals surface area contributed by atoms with Crippen LogP contribution in [0.3, 0.4) is 0 Å². The second kappa shape index (κ2) is 8.47. The number of anilines is 1. The summed E-state index contributed by atoms with van der Waals surface area (Å²) in [4.78, 5) is 44.2. The van der Waals surface area contributed by atoms with E-state index in [2.05, 4.69) is 40.3 Å². The van der Waals surface area contributed by atoms with E-state index in [4.69, 9.17) is 0 Å². The molecule has 3 heterocycles. The Labute approximate surface area is 180 Å². The number of carbonyl (C=O) groups excluding carboxylic acids is 1. The number of rotatable bonds is 4. The Hall–Kier alpha value is -3.26. The zero-order valence-electron chi connectivity index (χ0n) is 18.1. The molecule has 2 aromatic heterocycles. The lowest BCUT2D eigenvalue weighted by Gasteiger charge is -2.34. The summed E-state index contributed by atoms with van der Waals surface area (Å²) >= 11 is 0. The molecule has 0 radical (unpaired) electrons. The number of nitrogens with zero attached hydrogens (tertiary/aromatic N) is 4. The van der Waals surface area contributed by atoms with Crippen molar-refractivity contribution in [1.82, 2.24) is 19.0 Å². The van der Waals surface area contributed by atoms with Gasteiger partial charge in [-0.3, -0.25) is 23.6 Å².